The molecule has 0 spiro atoms. The third-order valence-corrected chi connectivity index (χ3v) is 5.28. The number of aliphatic hydroxyl groups is 1. The van der Waals surface area contributed by atoms with Crippen LogP contribution in [0.3, 0.4) is 0 Å². The summed E-state index contributed by atoms with van der Waals surface area (Å²) < 4.78 is 5.62. The molecular weight excluding hydrogens is 316 g/mol. The summed E-state index contributed by atoms with van der Waals surface area (Å²) in [6.45, 7) is 0. The molecule has 0 saturated carbocycles. The molecule has 3 aromatic rings. The normalized spacial score (nSPS) is 15.5. The first-order valence-corrected chi connectivity index (χ1v) is 7.73. The Hall–Kier alpha value is -2.57. The molecule has 23 heavy (non-hydrogen) atoms. The van der Waals surface area contributed by atoms with Crippen molar-refractivity contribution in [1.29, 1.82) is 0 Å². The van der Waals surface area contributed by atoms with Crippen molar-refractivity contribution in [1.82, 2.24) is 0 Å². The summed E-state index contributed by atoms with van der Waals surface area (Å²) in [6.07, 6.45) is -1.16. The molecule has 1 heterocycles. The predicted octanol–water partition coefficient (Wildman–Crippen LogP) is 3.16. The van der Waals surface area contributed by atoms with Gasteiger partial charge in [-0.05, 0) is 23.8 Å². The molecule has 0 bridgehead atoms. The molecule has 3 N–H and O–H groups in total. The lowest BCUT2D eigenvalue weighted by molar-refractivity contribution is 0.0607. The highest BCUT2D eigenvalue weighted by Gasteiger charge is 2.35. The number of fused-ring (bicyclic) bond motifs is 2. The lowest BCUT2D eigenvalue weighted by Crippen LogP contribution is -2.10. The summed E-state index contributed by atoms with van der Waals surface area (Å²) >= 11 is 1.24. The number of aliphatic hydroxyl groups excluding tert-OH is 1. The summed E-state index contributed by atoms with van der Waals surface area (Å²) in [5, 5.41) is 31.7. The van der Waals surface area contributed by atoms with Crippen molar-refractivity contribution in [2.75, 3.05) is 7.11 Å². The van der Waals surface area contributed by atoms with Gasteiger partial charge in [-0.2, -0.15) is 0 Å². The number of phenolic OH excluding ortho intramolecular Hbond substituents is 2. The van der Waals surface area contributed by atoms with Gasteiger partial charge < -0.3 is 20.1 Å². The van der Waals surface area contributed by atoms with Crippen LogP contribution in [0.5, 0.6) is 11.5 Å². The van der Waals surface area contributed by atoms with Crippen molar-refractivity contribution in [3.8, 4) is 22.6 Å². The average Bonchev–Trinajstić information content (AvgIpc) is 2.92. The van der Waals surface area contributed by atoms with Crippen molar-refractivity contribution < 1.29 is 24.9 Å². The van der Waals surface area contributed by atoms with E-state index in [-0.39, 0.29) is 17.1 Å². The highest BCUT2D eigenvalue weighted by molar-refractivity contribution is 7.21. The van der Waals surface area contributed by atoms with E-state index < -0.39 is 12.1 Å². The van der Waals surface area contributed by atoms with Crippen LogP contribution in [-0.4, -0.2) is 28.4 Å². The molecule has 5 nitrogen and oxygen atoms in total. The van der Waals surface area contributed by atoms with Crippen LogP contribution >= 0.6 is 11.3 Å². The number of phenols is 2. The highest BCUT2D eigenvalue weighted by Crippen LogP contribution is 2.53. The summed E-state index contributed by atoms with van der Waals surface area (Å²) in [6, 6.07) is 8.04. The van der Waals surface area contributed by atoms with E-state index in [0.717, 1.165) is 4.70 Å². The third-order valence-electron chi connectivity index (χ3n) is 4.14. The highest BCUT2D eigenvalue weighted by atomic mass is 32.1. The van der Waals surface area contributed by atoms with E-state index >= 15 is 0 Å². The number of rotatable bonds is 1. The fourth-order valence-corrected chi connectivity index (χ4v) is 4.33. The number of hydrogen-bond acceptors (Lipinski definition) is 6. The maximum atomic E-state index is 12.2. The average molecular weight is 328 g/mol. The molecule has 0 amide bonds. The largest absolute Gasteiger partial charge is 0.508 e. The minimum absolute atomic E-state index is 0.0747. The molecule has 1 atom stereocenters. The fourth-order valence-electron chi connectivity index (χ4n) is 3.18. The van der Waals surface area contributed by atoms with E-state index in [1.54, 1.807) is 18.2 Å². The smallest absolute Gasteiger partial charge is 0.348 e. The van der Waals surface area contributed by atoms with E-state index in [4.69, 9.17) is 4.74 Å². The SMILES string of the molecule is COC(=O)c1sc2ccc(O)c3c2c1-c1cccc(O)c1C3O. The molecule has 0 fully saturated rings. The predicted molar refractivity (Wildman–Crippen MR) is 86.0 cm³/mol. The third kappa shape index (κ3) is 1.73. The number of methoxy groups -OCH3 is 1. The maximum absolute atomic E-state index is 12.2. The van der Waals surface area contributed by atoms with Crippen molar-refractivity contribution in [2.24, 2.45) is 0 Å². The zero-order chi connectivity index (χ0) is 16.3. The van der Waals surface area contributed by atoms with Gasteiger partial charge in [-0.15, -0.1) is 11.3 Å². The molecule has 0 radical (unpaired) electrons. The van der Waals surface area contributed by atoms with Crippen molar-refractivity contribution in [3.05, 3.63) is 46.3 Å². The van der Waals surface area contributed by atoms with Crippen LogP contribution in [0.4, 0.5) is 0 Å². The first-order valence-electron chi connectivity index (χ1n) is 6.91. The summed E-state index contributed by atoms with van der Waals surface area (Å²) in [7, 11) is 1.30. The second kappa shape index (κ2) is 4.71. The van der Waals surface area contributed by atoms with Crippen molar-refractivity contribution >= 4 is 27.4 Å². The van der Waals surface area contributed by atoms with Gasteiger partial charge >= 0.3 is 5.97 Å². The summed E-state index contributed by atoms with van der Waals surface area (Å²) in [5.74, 6) is -0.647. The van der Waals surface area contributed by atoms with Crippen LogP contribution in [-0.2, 0) is 4.74 Å². The van der Waals surface area contributed by atoms with Crippen LogP contribution in [0.15, 0.2) is 30.3 Å². The Morgan fingerprint density at radius 2 is 1.87 bits per heavy atom. The zero-order valence-electron chi connectivity index (χ0n) is 12.0. The molecule has 2 aromatic carbocycles. The van der Waals surface area contributed by atoms with Crippen molar-refractivity contribution in [2.45, 2.75) is 6.10 Å². The Labute approximate surface area is 135 Å². The Morgan fingerprint density at radius 3 is 2.61 bits per heavy atom. The van der Waals surface area contributed by atoms with Gasteiger partial charge in [0, 0.05) is 26.8 Å². The number of ether oxygens (including phenoxy) is 1. The van der Waals surface area contributed by atoms with Crippen LogP contribution in [0, 0.1) is 0 Å². The minimum Gasteiger partial charge on any atom is -0.508 e. The van der Waals surface area contributed by atoms with Crippen LogP contribution < -0.4 is 0 Å². The number of thiophene rings is 1. The molecule has 1 aliphatic carbocycles. The quantitative estimate of drug-likeness (QED) is 0.597. The number of carbonyl (C=O) groups is 1. The first-order chi connectivity index (χ1) is 11.0. The molecule has 6 heteroatoms. The zero-order valence-corrected chi connectivity index (χ0v) is 12.8. The molecule has 1 aromatic heterocycles. The molecule has 116 valence electrons. The Balaban J connectivity index is 2.23. The van der Waals surface area contributed by atoms with Gasteiger partial charge in [-0.1, -0.05) is 12.1 Å². The molecule has 4 rings (SSSR count). The summed E-state index contributed by atoms with van der Waals surface area (Å²) in [5.41, 5.74) is 1.74. The topological polar surface area (TPSA) is 87.0 Å². The molecule has 0 saturated heterocycles. The van der Waals surface area contributed by atoms with Gasteiger partial charge in [0.05, 0.1) is 7.11 Å². The molecule has 0 aliphatic heterocycles. The van der Waals surface area contributed by atoms with E-state index in [1.165, 1.54) is 30.6 Å². The second-order valence-corrected chi connectivity index (χ2v) is 6.36. The lowest BCUT2D eigenvalue weighted by atomic mass is 9.82. The monoisotopic (exact) mass is 328 g/mol. The molecular formula is C17H12O5S. The van der Waals surface area contributed by atoms with Crippen molar-refractivity contribution in [3.63, 3.8) is 0 Å². The number of hydrogen-bond donors (Lipinski definition) is 3. The van der Waals surface area contributed by atoms with E-state index in [2.05, 4.69) is 0 Å². The van der Waals surface area contributed by atoms with E-state index in [0.29, 0.717) is 27.0 Å². The lowest BCUT2D eigenvalue weighted by Gasteiger charge is -2.24. The molecule has 1 unspecified atom stereocenters. The van der Waals surface area contributed by atoms with E-state index in [1.807, 2.05) is 0 Å². The maximum Gasteiger partial charge on any atom is 0.348 e. The van der Waals surface area contributed by atoms with Gasteiger partial charge in [0.25, 0.3) is 0 Å². The first kappa shape index (κ1) is 14.0. The van der Waals surface area contributed by atoms with Gasteiger partial charge in [-0.25, -0.2) is 4.79 Å². The van der Waals surface area contributed by atoms with Gasteiger partial charge in [0.1, 0.15) is 22.5 Å². The van der Waals surface area contributed by atoms with E-state index in [9.17, 15) is 20.1 Å². The van der Waals surface area contributed by atoms with Crippen LogP contribution in [0.25, 0.3) is 21.2 Å². The number of esters is 1. The standard InChI is InChI=1S/C17H12O5S/c1-22-17(21)16-12-7-3-2-4-8(18)11(7)15(20)13-9(19)5-6-10(23-16)14(12)13/h2-6,15,18-20H,1H3. The van der Waals surface area contributed by atoms with Gasteiger partial charge in [0.15, 0.2) is 0 Å². The molecule has 1 aliphatic rings. The Morgan fingerprint density at radius 1 is 1.13 bits per heavy atom. The number of carbonyl (C=O) groups excluding carboxylic acids is 1. The summed E-state index contributed by atoms with van der Waals surface area (Å²) in [4.78, 5) is 12.5. The second-order valence-electron chi connectivity index (χ2n) is 5.31. The van der Waals surface area contributed by atoms with Crippen LogP contribution in [0.1, 0.15) is 26.9 Å². The van der Waals surface area contributed by atoms with Gasteiger partial charge in [-0.3, -0.25) is 0 Å². The number of benzene rings is 2. The minimum atomic E-state index is -1.16. The Bertz CT molecular complexity index is 973. The Kier molecular flexibility index (Phi) is 2.88. The fraction of sp³-hybridized carbons (Fsp3) is 0.118. The van der Waals surface area contributed by atoms with Gasteiger partial charge in [0.2, 0.25) is 0 Å². The number of aromatic hydroxyl groups is 2. The van der Waals surface area contributed by atoms with Crippen LogP contribution in [0.2, 0.25) is 0 Å².